The quantitative estimate of drug-likeness (QED) is 0.714. The van der Waals surface area contributed by atoms with Gasteiger partial charge in [0, 0.05) is 30.9 Å². The zero-order valence-electron chi connectivity index (χ0n) is 16.8. The fraction of sp³-hybridized carbons (Fsp3) is 0.333. The predicted octanol–water partition coefficient (Wildman–Crippen LogP) is 3.74. The van der Waals surface area contributed by atoms with Crippen LogP contribution in [0.15, 0.2) is 47.4 Å². The lowest BCUT2D eigenvalue weighted by Crippen LogP contribution is -2.58. The summed E-state index contributed by atoms with van der Waals surface area (Å²) in [6, 6.07) is 11.7. The average Bonchev–Trinajstić information content (AvgIpc) is 2.74. The van der Waals surface area contributed by atoms with E-state index in [9.17, 15) is 21.6 Å². The van der Waals surface area contributed by atoms with E-state index in [-0.39, 0.29) is 23.7 Å². The smallest absolute Gasteiger partial charge is 0.366 e. The molecule has 2 aromatic carbocycles. The Balaban J connectivity index is 1.90. The maximum absolute atomic E-state index is 13.3. The van der Waals surface area contributed by atoms with Crippen molar-refractivity contribution >= 4 is 15.7 Å². The Morgan fingerprint density at radius 1 is 0.968 bits per heavy atom. The van der Waals surface area contributed by atoms with Gasteiger partial charge in [-0.15, -0.1) is 0 Å². The standard InChI is InChI=1S/C21H19F3N4O2S/c1-14-13-28(31(29,30)19-7-3-16(10-25)4-8-19)15(2)12-27(14)18-6-5-17(11-26)20(9-18)21(22,23)24/h3-9,14-15H,12-13H2,1-2H3/t14-,15-/m0/s1. The molecule has 162 valence electrons. The molecule has 0 saturated carbocycles. The molecule has 1 saturated heterocycles. The lowest BCUT2D eigenvalue weighted by Gasteiger charge is -2.44. The molecule has 0 aromatic heterocycles. The van der Waals surface area contributed by atoms with Gasteiger partial charge in [-0.1, -0.05) is 0 Å². The van der Waals surface area contributed by atoms with Crippen LogP contribution in [0.3, 0.4) is 0 Å². The number of sulfonamides is 1. The first kappa shape index (κ1) is 22.6. The van der Waals surface area contributed by atoms with Crippen molar-refractivity contribution in [3.05, 3.63) is 59.2 Å². The van der Waals surface area contributed by atoms with Gasteiger partial charge < -0.3 is 4.90 Å². The monoisotopic (exact) mass is 448 g/mol. The molecule has 0 N–H and O–H groups in total. The van der Waals surface area contributed by atoms with Crippen LogP contribution in [-0.2, 0) is 16.2 Å². The highest BCUT2D eigenvalue weighted by molar-refractivity contribution is 7.89. The largest absolute Gasteiger partial charge is 0.417 e. The Kier molecular flexibility index (Phi) is 5.99. The van der Waals surface area contributed by atoms with Gasteiger partial charge in [0.2, 0.25) is 10.0 Å². The van der Waals surface area contributed by atoms with Gasteiger partial charge in [0.1, 0.15) is 0 Å². The molecule has 10 heteroatoms. The van der Waals surface area contributed by atoms with Crippen LogP contribution in [0.25, 0.3) is 0 Å². The number of alkyl halides is 3. The Hall–Kier alpha value is -3.08. The van der Waals surface area contributed by atoms with E-state index in [0.717, 1.165) is 12.1 Å². The number of benzene rings is 2. The Morgan fingerprint density at radius 3 is 2.16 bits per heavy atom. The van der Waals surface area contributed by atoms with Crippen molar-refractivity contribution in [3.8, 4) is 12.1 Å². The molecule has 1 fully saturated rings. The Labute approximate surface area is 178 Å². The van der Waals surface area contributed by atoms with Crippen molar-refractivity contribution in [1.82, 2.24) is 4.31 Å². The third-order valence-corrected chi connectivity index (χ3v) is 7.27. The summed E-state index contributed by atoms with van der Waals surface area (Å²) in [6.45, 7) is 3.68. The van der Waals surface area contributed by atoms with Gasteiger partial charge in [0.05, 0.1) is 33.7 Å². The predicted molar refractivity (Wildman–Crippen MR) is 107 cm³/mol. The van der Waals surface area contributed by atoms with E-state index in [1.807, 2.05) is 6.07 Å². The molecule has 2 atom stereocenters. The summed E-state index contributed by atoms with van der Waals surface area (Å²) in [5.74, 6) is 0. The van der Waals surface area contributed by atoms with Crippen molar-refractivity contribution in [2.45, 2.75) is 37.0 Å². The van der Waals surface area contributed by atoms with E-state index >= 15 is 0 Å². The van der Waals surface area contributed by atoms with Crippen molar-refractivity contribution in [1.29, 1.82) is 10.5 Å². The molecule has 0 bridgehead atoms. The van der Waals surface area contributed by atoms with Crippen molar-refractivity contribution in [2.75, 3.05) is 18.0 Å². The zero-order chi connectivity index (χ0) is 23.0. The summed E-state index contributed by atoms with van der Waals surface area (Å²) < 4.78 is 67.5. The maximum Gasteiger partial charge on any atom is 0.417 e. The molecule has 0 unspecified atom stereocenters. The van der Waals surface area contributed by atoms with Crippen LogP contribution in [0, 0.1) is 22.7 Å². The van der Waals surface area contributed by atoms with E-state index in [4.69, 9.17) is 10.5 Å². The SMILES string of the molecule is C[C@H]1CN(S(=O)(=O)c2ccc(C#N)cc2)[C@@H](C)CN1c1ccc(C#N)c(C(F)(F)F)c1. The second kappa shape index (κ2) is 8.22. The first-order valence-electron chi connectivity index (χ1n) is 9.39. The molecule has 0 spiro atoms. The first-order valence-corrected chi connectivity index (χ1v) is 10.8. The summed E-state index contributed by atoms with van der Waals surface area (Å²) >= 11 is 0. The summed E-state index contributed by atoms with van der Waals surface area (Å²) in [7, 11) is -3.84. The number of nitriles is 2. The minimum Gasteiger partial charge on any atom is -0.366 e. The third kappa shape index (κ3) is 4.36. The van der Waals surface area contributed by atoms with Gasteiger partial charge >= 0.3 is 6.18 Å². The molecular formula is C21H19F3N4O2S. The highest BCUT2D eigenvalue weighted by Crippen LogP contribution is 2.36. The third-order valence-electron chi connectivity index (χ3n) is 5.28. The second-order valence-corrected chi connectivity index (χ2v) is 9.29. The highest BCUT2D eigenvalue weighted by atomic mass is 32.2. The summed E-state index contributed by atoms with van der Waals surface area (Å²) in [4.78, 5) is 1.77. The Morgan fingerprint density at radius 2 is 1.61 bits per heavy atom. The highest BCUT2D eigenvalue weighted by Gasteiger charge is 2.39. The number of nitrogens with zero attached hydrogens (tertiary/aromatic N) is 4. The first-order chi connectivity index (χ1) is 14.5. The number of piperazine rings is 1. The van der Waals surface area contributed by atoms with Crippen molar-refractivity contribution in [3.63, 3.8) is 0 Å². The molecule has 2 aromatic rings. The second-order valence-electron chi connectivity index (χ2n) is 7.40. The molecule has 0 amide bonds. The van der Waals surface area contributed by atoms with Gasteiger partial charge in [0.15, 0.2) is 0 Å². The topological polar surface area (TPSA) is 88.2 Å². The van der Waals surface area contributed by atoms with E-state index in [0.29, 0.717) is 5.56 Å². The Bertz CT molecular complexity index is 1170. The van der Waals surface area contributed by atoms with Gasteiger partial charge in [-0.2, -0.15) is 28.0 Å². The van der Waals surface area contributed by atoms with Crippen molar-refractivity contribution < 1.29 is 21.6 Å². The lowest BCUT2D eigenvalue weighted by atomic mass is 10.0. The number of anilines is 1. The van der Waals surface area contributed by atoms with Gasteiger partial charge in [0.25, 0.3) is 0 Å². The van der Waals surface area contributed by atoms with E-state index in [1.54, 1.807) is 24.8 Å². The molecule has 1 heterocycles. The van der Waals surface area contributed by atoms with Crippen molar-refractivity contribution in [2.24, 2.45) is 0 Å². The molecule has 1 aliphatic rings. The van der Waals surface area contributed by atoms with Crippen LogP contribution in [0.1, 0.15) is 30.5 Å². The van der Waals surface area contributed by atoms with Gasteiger partial charge in [-0.05, 0) is 56.3 Å². The van der Waals surface area contributed by atoms with Gasteiger partial charge in [-0.25, -0.2) is 8.42 Å². The fourth-order valence-electron chi connectivity index (χ4n) is 3.67. The average molecular weight is 448 g/mol. The van der Waals surface area contributed by atoms with Crippen LogP contribution in [0.5, 0.6) is 0 Å². The van der Waals surface area contributed by atoms with Crippen LogP contribution in [-0.4, -0.2) is 37.9 Å². The van der Waals surface area contributed by atoms with E-state index < -0.39 is 39.4 Å². The molecular weight excluding hydrogens is 429 g/mol. The van der Waals surface area contributed by atoms with E-state index in [1.165, 1.54) is 34.6 Å². The molecule has 0 radical (unpaired) electrons. The normalized spacial score (nSPS) is 20.2. The molecule has 0 aliphatic carbocycles. The number of rotatable bonds is 3. The molecule has 1 aliphatic heterocycles. The molecule has 31 heavy (non-hydrogen) atoms. The summed E-state index contributed by atoms with van der Waals surface area (Å²) in [5, 5.41) is 17.9. The molecule has 3 rings (SSSR count). The van der Waals surface area contributed by atoms with Crippen LogP contribution in [0.4, 0.5) is 18.9 Å². The fourth-order valence-corrected chi connectivity index (χ4v) is 5.37. The van der Waals surface area contributed by atoms with Gasteiger partial charge in [-0.3, -0.25) is 0 Å². The van der Waals surface area contributed by atoms with Crippen LogP contribution >= 0.6 is 0 Å². The van der Waals surface area contributed by atoms with Crippen LogP contribution in [0.2, 0.25) is 0 Å². The lowest BCUT2D eigenvalue weighted by molar-refractivity contribution is -0.137. The maximum atomic E-state index is 13.3. The summed E-state index contributed by atoms with van der Waals surface area (Å²) in [5.41, 5.74) is -0.855. The number of hydrogen-bond donors (Lipinski definition) is 0. The summed E-state index contributed by atoms with van der Waals surface area (Å²) in [6.07, 6.45) is -4.67. The van der Waals surface area contributed by atoms with Crippen LogP contribution < -0.4 is 4.90 Å². The minimum atomic E-state index is -4.67. The number of halogens is 3. The zero-order valence-corrected chi connectivity index (χ0v) is 17.6. The molecule has 6 nitrogen and oxygen atoms in total. The minimum absolute atomic E-state index is 0.0525. The number of hydrogen-bond acceptors (Lipinski definition) is 5. The van der Waals surface area contributed by atoms with E-state index in [2.05, 4.69) is 0 Å².